The second kappa shape index (κ2) is 3.34. The molecule has 0 bridgehead atoms. The average Bonchev–Trinajstić information content (AvgIpc) is 2.86. The van der Waals surface area contributed by atoms with Gasteiger partial charge < -0.3 is 5.11 Å². The Morgan fingerprint density at radius 3 is 2.65 bits per heavy atom. The summed E-state index contributed by atoms with van der Waals surface area (Å²) in [4.78, 5) is 12.3. The van der Waals surface area contributed by atoms with E-state index in [9.17, 15) is 9.90 Å². The van der Waals surface area contributed by atoms with E-state index in [0.29, 0.717) is 35.4 Å². The van der Waals surface area contributed by atoms with E-state index in [1.807, 2.05) is 0 Å². The number of carbonyl (C=O) groups is 1. The molecular formula is C15H24O2. The zero-order valence-corrected chi connectivity index (χ0v) is 11.2. The van der Waals surface area contributed by atoms with Crippen LogP contribution >= 0.6 is 0 Å². The molecule has 0 spiro atoms. The van der Waals surface area contributed by atoms with Gasteiger partial charge in [-0.2, -0.15) is 0 Å². The normalized spacial score (nSPS) is 51.6. The van der Waals surface area contributed by atoms with Gasteiger partial charge in [-0.25, -0.2) is 0 Å². The maximum atomic E-state index is 12.3. The van der Waals surface area contributed by atoms with E-state index in [4.69, 9.17) is 0 Å². The highest BCUT2D eigenvalue weighted by atomic mass is 16.3. The van der Waals surface area contributed by atoms with Crippen molar-refractivity contribution in [3.8, 4) is 0 Å². The highest BCUT2D eigenvalue weighted by molar-refractivity contribution is 5.86. The summed E-state index contributed by atoms with van der Waals surface area (Å²) in [6, 6.07) is 0. The molecular weight excluding hydrogens is 212 g/mol. The second-order valence-corrected chi connectivity index (χ2v) is 7.27. The minimum Gasteiger partial charge on any atom is -0.395 e. The van der Waals surface area contributed by atoms with Gasteiger partial charge in [0, 0.05) is 6.42 Å². The van der Waals surface area contributed by atoms with Gasteiger partial charge in [-0.05, 0) is 48.3 Å². The van der Waals surface area contributed by atoms with Gasteiger partial charge in [-0.15, -0.1) is 0 Å². The lowest BCUT2D eigenvalue weighted by Gasteiger charge is -2.48. The smallest absolute Gasteiger partial charge is 0.141 e. The van der Waals surface area contributed by atoms with Gasteiger partial charge in [0.1, 0.15) is 5.78 Å². The van der Waals surface area contributed by atoms with Gasteiger partial charge in [0.05, 0.1) is 12.0 Å². The summed E-state index contributed by atoms with van der Waals surface area (Å²) in [5.74, 6) is 2.89. The number of carbonyl (C=O) groups excluding carboxylic acids is 1. The molecule has 0 heterocycles. The van der Waals surface area contributed by atoms with E-state index in [-0.39, 0.29) is 12.0 Å². The fourth-order valence-electron chi connectivity index (χ4n) is 5.26. The third-order valence-electron chi connectivity index (χ3n) is 6.34. The van der Waals surface area contributed by atoms with Crippen LogP contribution in [0.25, 0.3) is 0 Å². The Labute approximate surface area is 104 Å². The molecule has 0 aliphatic heterocycles. The number of fused-ring (bicyclic) bond motifs is 3. The molecule has 96 valence electrons. The molecule has 1 N–H and O–H groups in total. The number of ketones is 1. The lowest BCUT2D eigenvalue weighted by atomic mass is 9.55. The second-order valence-electron chi connectivity index (χ2n) is 7.27. The third-order valence-corrected chi connectivity index (χ3v) is 6.34. The average molecular weight is 236 g/mol. The fraction of sp³-hybridized carbons (Fsp3) is 0.933. The Morgan fingerprint density at radius 2 is 2.00 bits per heavy atom. The summed E-state index contributed by atoms with van der Waals surface area (Å²) in [5, 5.41) is 9.85. The molecule has 0 amide bonds. The first kappa shape index (κ1) is 11.7. The highest BCUT2D eigenvalue weighted by Gasteiger charge is 2.70. The molecule has 0 aromatic carbocycles. The maximum absolute atomic E-state index is 12.3. The first-order valence-electron chi connectivity index (χ1n) is 7.09. The zero-order chi connectivity index (χ0) is 12.4. The lowest BCUT2D eigenvalue weighted by Crippen LogP contribution is -2.51. The van der Waals surface area contributed by atoms with Crippen molar-refractivity contribution >= 4 is 5.78 Å². The number of aliphatic hydroxyl groups excluding tert-OH is 1. The van der Waals surface area contributed by atoms with Crippen molar-refractivity contribution in [2.75, 3.05) is 6.61 Å². The monoisotopic (exact) mass is 236 g/mol. The molecule has 3 aliphatic carbocycles. The van der Waals surface area contributed by atoms with E-state index in [1.54, 1.807) is 0 Å². The van der Waals surface area contributed by atoms with E-state index in [0.717, 1.165) is 25.2 Å². The molecule has 3 fully saturated rings. The third kappa shape index (κ3) is 1.28. The molecule has 0 saturated heterocycles. The Kier molecular flexibility index (Phi) is 2.30. The first-order valence-corrected chi connectivity index (χ1v) is 7.09. The molecule has 3 rings (SSSR count). The minimum absolute atomic E-state index is 0.0835. The van der Waals surface area contributed by atoms with E-state index in [2.05, 4.69) is 20.8 Å². The molecule has 0 aromatic rings. The van der Waals surface area contributed by atoms with Gasteiger partial charge in [-0.1, -0.05) is 20.8 Å². The van der Waals surface area contributed by atoms with Crippen LogP contribution in [0, 0.1) is 34.5 Å². The standard InChI is InChI=1S/C15H24O2/c1-9-4-5-11(17)15(8-16)7-6-10-13(12(9)15)14(10,2)3/h9-10,12-13,16H,4-8H2,1-3H3/t9-,10-,12-,13-,15+/m1/s1. The first-order chi connectivity index (χ1) is 7.95. The summed E-state index contributed by atoms with van der Waals surface area (Å²) >= 11 is 0. The summed E-state index contributed by atoms with van der Waals surface area (Å²) in [7, 11) is 0. The summed E-state index contributed by atoms with van der Waals surface area (Å²) in [6.07, 6.45) is 3.80. The predicted molar refractivity (Wildman–Crippen MR) is 66.4 cm³/mol. The number of hydrogen-bond acceptors (Lipinski definition) is 2. The number of Topliss-reactive ketones (excluding diaryl/α,β-unsaturated/α-hetero) is 1. The number of hydrogen-bond donors (Lipinski definition) is 1. The van der Waals surface area contributed by atoms with E-state index in [1.165, 1.54) is 0 Å². The van der Waals surface area contributed by atoms with Gasteiger partial charge >= 0.3 is 0 Å². The van der Waals surface area contributed by atoms with Crippen LogP contribution in [-0.4, -0.2) is 17.5 Å². The molecule has 2 heteroatoms. The zero-order valence-electron chi connectivity index (χ0n) is 11.2. The van der Waals surface area contributed by atoms with Gasteiger partial charge in [0.25, 0.3) is 0 Å². The quantitative estimate of drug-likeness (QED) is 0.760. The summed E-state index contributed by atoms with van der Waals surface area (Å²) in [6.45, 7) is 7.07. The van der Waals surface area contributed by atoms with Crippen LogP contribution in [-0.2, 0) is 4.79 Å². The van der Waals surface area contributed by atoms with Crippen LogP contribution in [0.1, 0.15) is 46.5 Å². The number of aliphatic hydroxyl groups is 1. The van der Waals surface area contributed by atoms with Crippen LogP contribution in [0.4, 0.5) is 0 Å². The topological polar surface area (TPSA) is 37.3 Å². The van der Waals surface area contributed by atoms with Crippen LogP contribution < -0.4 is 0 Å². The molecule has 2 nitrogen and oxygen atoms in total. The van der Waals surface area contributed by atoms with Crippen molar-refractivity contribution in [2.45, 2.75) is 46.5 Å². The largest absolute Gasteiger partial charge is 0.395 e. The summed E-state index contributed by atoms with van der Waals surface area (Å²) < 4.78 is 0. The van der Waals surface area contributed by atoms with Crippen LogP contribution in [0.3, 0.4) is 0 Å². The van der Waals surface area contributed by atoms with Gasteiger partial charge in [0.2, 0.25) is 0 Å². The lowest BCUT2D eigenvalue weighted by molar-refractivity contribution is -0.146. The molecule has 5 atom stereocenters. The highest BCUT2D eigenvalue weighted by Crippen LogP contribution is 2.73. The number of rotatable bonds is 1. The Hall–Kier alpha value is -0.370. The van der Waals surface area contributed by atoms with E-state index < -0.39 is 0 Å². The van der Waals surface area contributed by atoms with Gasteiger partial charge in [-0.3, -0.25) is 4.79 Å². The van der Waals surface area contributed by atoms with Crippen molar-refractivity contribution in [3.05, 3.63) is 0 Å². The molecule has 17 heavy (non-hydrogen) atoms. The Bertz CT molecular complexity index is 360. The Balaban J connectivity index is 2.00. The van der Waals surface area contributed by atoms with Crippen molar-refractivity contribution < 1.29 is 9.90 Å². The molecule has 0 aromatic heterocycles. The predicted octanol–water partition coefficient (Wildman–Crippen LogP) is 2.65. The van der Waals surface area contributed by atoms with E-state index >= 15 is 0 Å². The van der Waals surface area contributed by atoms with Crippen LogP contribution in [0.2, 0.25) is 0 Å². The van der Waals surface area contributed by atoms with Crippen molar-refractivity contribution in [1.29, 1.82) is 0 Å². The van der Waals surface area contributed by atoms with Crippen molar-refractivity contribution in [1.82, 2.24) is 0 Å². The Morgan fingerprint density at radius 1 is 1.29 bits per heavy atom. The summed E-state index contributed by atoms with van der Waals surface area (Å²) in [5.41, 5.74) is 0.0417. The minimum atomic E-state index is -0.368. The molecule has 3 aliphatic rings. The van der Waals surface area contributed by atoms with Crippen LogP contribution in [0.15, 0.2) is 0 Å². The van der Waals surface area contributed by atoms with Gasteiger partial charge in [0.15, 0.2) is 0 Å². The van der Waals surface area contributed by atoms with Crippen molar-refractivity contribution in [2.24, 2.45) is 34.5 Å². The molecule has 3 saturated carbocycles. The van der Waals surface area contributed by atoms with Crippen LogP contribution in [0.5, 0.6) is 0 Å². The van der Waals surface area contributed by atoms with Crippen molar-refractivity contribution in [3.63, 3.8) is 0 Å². The molecule has 0 unspecified atom stereocenters. The maximum Gasteiger partial charge on any atom is 0.141 e. The SMILES string of the molecule is C[C@@H]1CCC(=O)[C@@]2(CO)CC[C@@H]3[C@H]([C@@H]12)C3(C)C. The molecule has 0 radical (unpaired) electrons. The fourth-order valence-corrected chi connectivity index (χ4v) is 5.26.